The Labute approximate surface area is 186 Å². The maximum absolute atomic E-state index is 13.1. The molecular weight excluding hydrogens is 441 g/mol. The lowest BCUT2D eigenvalue weighted by molar-refractivity contribution is -0.137. The van der Waals surface area contributed by atoms with Crippen molar-refractivity contribution in [1.29, 1.82) is 0 Å². The Morgan fingerprint density at radius 1 is 1.12 bits per heavy atom. The fourth-order valence-electron chi connectivity index (χ4n) is 3.60. The summed E-state index contributed by atoms with van der Waals surface area (Å²) in [6.45, 7) is 3.62. The molecule has 164 valence electrons. The van der Waals surface area contributed by atoms with Crippen LogP contribution in [0.25, 0.3) is 22.2 Å². The average molecular weight is 459 g/mol. The SMILES string of the molecule is Cc1cccc(-c2ccnc3c2c(C)nn3CC(=O)Nc2ccc(Cl)c(C(F)(F)F)c2)c1. The molecule has 0 bridgehead atoms. The van der Waals surface area contributed by atoms with Crippen LogP contribution in [0, 0.1) is 13.8 Å². The van der Waals surface area contributed by atoms with Crippen molar-refractivity contribution in [3.05, 3.63) is 76.6 Å². The van der Waals surface area contributed by atoms with E-state index >= 15 is 0 Å². The van der Waals surface area contributed by atoms with E-state index in [1.165, 1.54) is 10.7 Å². The Hall–Kier alpha value is -3.39. The molecule has 0 aliphatic rings. The molecule has 0 saturated heterocycles. The molecule has 0 unspecified atom stereocenters. The van der Waals surface area contributed by atoms with Crippen molar-refractivity contribution in [2.75, 3.05) is 5.32 Å². The van der Waals surface area contributed by atoms with Crippen LogP contribution in [0.5, 0.6) is 0 Å². The summed E-state index contributed by atoms with van der Waals surface area (Å²) < 4.78 is 40.7. The van der Waals surface area contributed by atoms with Gasteiger partial charge in [-0.1, -0.05) is 41.4 Å². The lowest BCUT2D eigenvalue weighted by atomic mass is 10.0. The molecule has 0 saturated carbocycles. The van der Waals surface area contributed by atoms with Crippen molar-refractivity contribution in [3.63, 3.8) is 0 Å². The predicted octanol–water partition coefficient (Wildman–Crippen LogP) is 6.03. The summed E-state index contributed by atoms with van der Waals surface area (Å²) in [5.74, 6) is -0.535. The number of rotatable bonds is 4. The van der Waals surface area contributed by atoms with Gasteiger partial charge >= 0.3 is 6.18 Å². The number of benzene rings is 2. The molecule has 1 amide bonds. The van der Waals surface area contributed by atoms with Crippen molar-refractivity contribution in [2.45, 2.75) is 26.6 Å². The topological polar surface area (TPSA) is 59.8 Å². The summed E-state index contributed by atoms with van der Waals surface area (Å²) in [4.78, 5) is 16.9. The van der Waals surface area contributed by atoms with Crippen molar-refractivity contribution in [3.8, 4) is 11.1 Å². The van der Waals surface area contributed by atoms with Crippen molar-refractivity contribution < 1.29 is 18.0 Å². The first-order valence-electron chi connectivity index (χ1n) is 9.69. The van der Waals surface area contributed by atoms with Gasteiger partial charge in [-0.05, 0) is 49.2 Å². The Morgan fingerprint density at radius 2 is 1.91 bits per heavy atom. The lowest BCUT2D eigenvalue weighted by Gasteiger charge is -2.12. The van der Waals surface area contributed by atoms with Crippen molar-refractivity contribution >= 4 is 34.2 Å². The Morgan fingerprint density at radius 3 is 2.62 bits per heavy atom. The van der Waals surface area contributed by atoms with Gasteiger partial charge in [0.25, 0.3) is 0 Å². The third-order valence-electron chi connectivity index (χ3n) is 4.99. The number of halogens is 4. The Kier molecular flexibility index (Phi) is 5.64. The predicted molar refractivity (Wildman–Crippen MR) is 118 cm³/mol. The molecule has 2 aromatic carbocycles. The summed E-state index contributed by atoms with van der Waals surface area (Å²) in [6, 6.07) is 13.1. The number of aromatic nitrogens is 3. The fourth-order valence-corrected chi connectivity index (χ4v) is 3.83. The molecule has 5 nitrogen and oxygen atoms in total. The second kappa shape index (κ2) is 8.27. The maximum Gasteiger partial charge on any atom is 0.417 e. The highest BCUT2D eigenvalue weighted by Gasteiger charge is 2.33. The van der Waals surface area contributed by atoms with Gasteiger partial charge in [0, 0.05) is 17.3 Å². The van der Waals surface area contributed by atoms with Crippen LogP contribution < -0.4 is 5.32 Å². The second-order valence-corrected chi connectivity index (χ2v) is 7.82. The quantitative estimate of drug-likeness (QED) is 0.406. The number of pyridine rings is 1. The van der Waals surface area contributed by atoms with E-state index in [1.807, 2.05) is 38.1 Å². The van der Waals surface area contributed by atoms with Gasteiger partial charge in [0.15, 0.2) is 5.65 Å². The van der Waals surface area contributed by atoms with Gasteiger partial charge < -0.3 is 5.32 Å². The number of amides is 1. The fraction of sp³-hybridized carbons (Fsp3) is 0.174. The van der Waals surface area contributed by atoms with Crippen LogP contribution in [0.4, 0.5) is 18.9 Å². The number of fused-ring (bicyclic) bond motifs is 1. The zero-order chi connectivity index (χ0) is 23.0. The van der Waals surface area contributed by atoms with Crippen LogP contribution in [-0.2, 0) is 17.5 Å². The van der Waals surface area contributed by atoms with E-state index in [1.54, 1.807) is 6.20 Å². The number of nitrogens with zero attached hydrogens (tertiary/aromatic N) is 3. The number of nitrogens with one attached hydrogen (secondary N) is 1. The van der Waals surface area contributed by atoms with E-state index in [0.717, 1.165) is 34.2 Å². The minimum absolute atomic E-state index is 0.00619. The molecule has 1 N–H and O–H groups in total. The standard InChI is InChI=1S/C23H18ClF3N4O/c1-13-4-3-5-15(10-13)17-8-9-28-22-21(17)14(2)30-31(22)12-20(32)29-16-6-7-19(24)18(11-16)23(25,26)27/h3-11H,12H2,1-2H3,(H,29,32). The van der Waals surface area contributed by atoms with E-state index < -0.39 is 22.7 Å². The summed E-state index contributed by atoms with van der Waals surface area (Å²) in [5.41, 5.74) is 3.25. The molecule has 0 atom stereocenters. The molecule has 32 heavy (non-hydrogen) atoms. The molecule has 0 aliphatic carbocycles. The molecule has 4 aromatic rings. The molecule has 2 aromatic heterocycles. The number of aryl methyl sites for hydroxylation is 2. The van der Waals surface area contributed by atoms with Gasteiger partial charge in [-0.2, -0.15) is 18.3 Å². The zero-order valence-corrected chi connectivity index (χ0v) is 17.9. The van der Waals surface area contributed by atoms with Crippen LogP contribution >= 0.6 is 11.6 Å². The molecule has 0 spiro atoms. The number of hydrogen-bond donors (Lipinski definition) is 1. The normalized spacial score (nSPS) is 11.7. The highest BCUT2D eigenvalue weighted by Crippen LogP contribution is 2.36. The third-order valence-corrected chi connectivity index (χ3v) is 5.32. The molecule has 4 rings (SSSR count). The first kappa shape index (κ1) is 21.8. The van der Waals surface area contributed by atoms with Gasteiger partial charge in [0.2, 0.25) is 5.91 Å². The molecule has 0 fully saturated rings. The summed E-state index contributed by atoms with van der Waals surface area (Å²) in [6.07, 6.45) is -2.98. The number of carbonyl (C=O) groups excluding carboxylic acids is 1. The Bertz CT molecular complexity index is 1330. The molecule has 2 heterocycles. The second-order valence-electron chi connectivity index (χ2n) is 7.41. The van der Waals surface area contributed by atoms with E-state index in [0.29, 0.717) is 11.3 Å². The monoisotopic (exact) mass is 458 g/mol. The minimum atomic E-state index is -4.62. The number of carbonyl (C=O) groups is 1. The number of anilines is 1. The first-order valence-corrected chi connectivity index (χ1v) is 10.1. The minimum Gasteiger partial charge on any atom is -0.324 e. The van der Waals surface area contributed by atoms with Gasteiger partial charge in [-0.25, -0.2) is 9.67 Å². The van der Waals surface area contributed by atoms with Crippen molar-refractivity contribution in [2.24, 2.45) is 0 Å². The number of alkyl halides is 3. The molecule has 0 aliphatic heterocycles. The van der Waals surface area contributed by atoms with Gasteiger partial charge in [-0.3, -0.25) is 4.79 Å². The molecule has 9 heteroatoms. The molecule has 0 radical (unpaired) electrons. The van der Waals surface area contributed by atoms with E-state index in [-0.39, 0.29) is 12.2 Å². The third kappa shape index (κ3) is 4.31. The zero-order valence-electron chi connectivity index (χ0n) is 17.2. The van der Waals surface area contributed by atoms with Crippen LogP contribution in [0.15, 0.2) is 54.7 Å². The maximum atomic E-state index is 13.1. The van der Waals surface area contributed by atoms with Crippen LogP contribution in [0.2, 0.25) is 5.02 Å². The molecular formula is C23H18ClF3N4O. The van der Waals surface area contributed by atoms with Gasteiger partial charge in [0.05, 0.1) is 16.3 Å². The highest BCUT2D eigenvalue weighted by atomic mass is 35.5. The smallest absolute Gasteiger partial charge is 0.324 e. The summed E-state index contributed by atoms with van der Waals surface area (Å²) >= 11 is 5.64. The first-order chi connectivity index (χ1) is 15.1. The van der Waals surface area contributed by atoms with E-state index in [4.69, 9.17) is 11.6 Å². The number of hydrogen-bond acceptors (Lipinski definition) is 3. The van der Waals surface area contributed by atoms with Crippen LogP contribution in [0.1, 0.15) is 16.8 Å². The van der Waals surface area contributed by atoms with Gasteiger partial charge in [0.1, 0.15) is 6.54 Å². The highest BCUT2D eigenvalue weighted by molar-refractivity contribution is 6.31. The Balaban J connectivity index is 1.63. The van der Waals surface area contributed by atoms with E-state index in [9.17, 15) is 18.0 Å². The van der Waals surface area contributed by atoms with Crippen LogP contribution in [-0.4, -0.2) is 20.7 Å². The van der Waals surface area contributed by atoms with Gasteiger partial charge in [-0.15, -0.1) is 0 Å². The van der Waals surface area contributed by atoms with Crippen molar-refractivity contribution in [1.82, 2.24) is 14.8 Å². The average Bonchev–Trinajstić information content (AvgIpc) is 3.04. The summed E-state index contributed by atoms with van der Waals surface area (Å²) in [7, 11) is 0. The lowest BCUT2D eigenvalue weighted by Crippen LogP contribution is -2.20. The largest absolute Gasteiger partial charge is 0.417 e. The summed E-state index contributed by atoms with van der Waals surface area (Å²) in [5, 5.41) is 7.30. The van der Waals surface area contributed by atoms with Crippen LogP contribution in [0.3, 0.4) is 0 Å². The van der Waals surface area contributed by atoms with E-state index in [2.05, 4.69) is 21.5 Å².